The van der Waals surface area contributed by atoms with Crippen molar-refractivity contribution in [3.05, 3.63) is 41.5 Å². The van der Waals surface area contributed by atoms with Gasteiger partial charge in [-0.05, 0) is 23.6 Å². The van der Waals surface area contributed by atoms with Gasteiger partial charge in [-0.3, -0.25) is 4.90 Å². The summed E-state index contributed by atoms with van der Waals surface area (Å²) < 4.78 is 5.43. The first-order valence-corrected chi connectivity index (χ1v) is 6.54. The minimum Gasteiger partial charge on any atom is -0.478 e. The second kappa shape index (κ2) is 7.07. The van der Waals surface area contributed by atoms with E-state index in [1.165, 1.54) is 5.56 Å². The average Bonchev–Trinajstić information content (AvgIpc) is 2.66. The molecule has 19 heavy (non-hydrogen) atoms. The van der Waals surface area contributed by atoms with Crippen molar-refractivity contribution >= 4 is 12.0 Å². The molecule has 1 N–H and O–H groups in total. The lowest BCUT2D eigenvalue weighted by atomic mass is 10.1. The molecule has 1 aliphatic rings. The van der Waals surface area contributed by atoms with Crippen LogP contribution < -0.4 is 0 Å². The largest absolute Gasteiger partial charge is 0.478 e. The Morgan fingerprint density at radius 2 is 2.05 bits per heavy atom. The van der Waals surface area contributed by atoms with Gasteiger partial charge in [0, 0.05) is 32.3 Å². The van der Waals surface area contributed by atoms with Gasteiger partial charge in [0.25, 0.3) is 0 Å². The summed E-state index contributed by atoms with van der Waals surface area (Å²) in [6.45, 7) is 4.63. The van der Waals surface area contributed by atoms with E-state index in [9.17, 15) is 4.79 Å². The second-order valence-corrected chi connectivity index (χ2v) is 4.66. The van der Waals surface area contributed by atoms with Crippen LogP contribution in [0.5, 0.6) is 0 Å². The van der Waals surface area contributed by atoms with Gasteiger partial charge < -0.3 is 9.84 Å². The van der Waals surface area contributed by atoms with Crippen molar-refractivity contribution in [2.24, 2.45) is 0 Å². The minimum absolute atomic E-state index is 0.805. The van der Waals surface area contributed by atoms with E-state index < -0.39 is 5.97 Å². The fourth-order valence-electron chi connectivity index (χ4n) is 2.12. The van der Waals surface area contributed by atoms with Crippen LogP contribution in [0.1, 0.15) is 17.5 Å². The van der Waals surface area contributed by atoms with E-state index in [-0.39, 0.29) is 0 Å². The summed E-state index contributed by atoms with van der Waals surface area (Å²) in [6, 6.07) is 7.99. The summed E-state index contributed by atoms with van der Waals surface area (Å²) in [5.74, 6) is -0.923. The van der Waals surface area contributed by atoms with E-state index in [0.717, 1.165) is 50.9 Å². The molecule has 4 nitrogen and oxygen atoms in total. The first kappa shape index (κ1) is 13.8. The average molecular weight is 261 g/mol. The molecule has 0 bridgehead atoms. The Morgan fingerprint density at radius 1 is 1.26 bits per heavy atom. The zero-order valence-corrected chi connectivity index (χ0v) is 10.9. The van der Waals surface area contributed by atoms with Crippen molar-refractivity contribution < 1.29 is 14.6 Å². The van der Waals surface area contributed by atoms with Crippen LogP contribution in [0.4, 0.5) is 0 Å². The molecule has 102 valence electrons. The van der Waals surface area contributed by atoms with Crippen molar-refractivity contribution in [2.45, 2.75) is 13.0 Å². The van der Waals surface area contributed by atoms with Gasteiger partial charge in [-0.25, -0.2) is 4.79 Å². The SMILES string of the molecule is O=C(O)C=Cc1ccc(CN2CCCOCC2)cc1. The molecule has 1 fully saturated rings. The van der Waals surface area contributed by atoms with Gasteiger partial charge in [0.15, 0.2) is 0 Å². The Labute approximate surface area is 113 Å². The fourth-order valence-corrected chi connectivity index (χ4v) is 2.12. The summed E-state index contributed by atoms with van der Waals surface area (Å²) in [5, 5.41) is 8.57. The maximum absolute atomic E-state index is 10.4. The van der Waals surface area contributed by atoms with Crippen LogP contribution in [0.25, 0.3) is 6.08 Å². The van der Waals surface area contributed by atoms with Crippen LogP contribution in [-0.4, -0.2) is 42.3 Å². The normalized spacial score (nSPS) is 17.5. The lowest BCUT2D eigenvalue weighted by molar-refractivity contribution is -0.131. The van der Waals surface area contributed by atoms with E-state index in [1.807, 2.05) is 24.3 Å². The third kappa shape index (κ3) is 4.85. The summed E-state index contributed by atoms with van der Waals surface area (Å²) >= 11 is 0. The Kier molecular flexibility index (Phi) is 5.12. The molecule has 1 heterocycles. The van der Waals surface area contributed by atoms with Crippen molar-refractivity contribution in [3.8, 4) is 0 Å². The number of carboxylic acids is 1. The molecule has 0 saturated carbocycles. The molecular formula is C15H19NO3. The van der Waals surface area contributed by atoms with Gasteiger partial charge in [0.05, 0.1) is 6.61 Å². The maximum Gasteiger partial charge on any atom is 0.328 e. The molecule has 0 unspecified atom stereocenters. The van der Waals surface area contributed by atoms with Crippen molar-refractivity contribution in [1.29, 1.82) is 0 Å². The number of benzene rings is 1. The molecule has 0 aromatic heterocycles. The highest BCUT2D eigenvalue weighted by Gasteiger charge is 2.09. The Bertz CT molecular complexity index is 431. The number of rotatable bonds is 4. The summed E-state index contributed by atoms with van der Waals surface area (Å²) in [4.78, 5) is 12.8. The molecule has 1 aromatic carbocycles. The van der Waals surface area contributed by atoms with Gasteiger partial charge in [-0.1, -0.05) is 24.3 Å². The van der Waals surface area contributed by atoms with Crippen LogP contribution in [0.2, 0.25) is 0 Å². The lowest BCUT2D eigenvalue weighted by Crippen LogP contribution is -2.25. The van der Waals surface area contributed by atoms with Crippen molar-refractivity contribution in [2.75, 3.05) is 26.3 Å². The first-order valence-electron chi connectivity index (χ1n) is 6.54. The molecule has 1 aliphatic heterocycles. The molecule has 0 amide bonds. The number of nitrogens with zero attached hydrogens (tertiary/aromatic N) is 1. The van der Waals surface area contributed by atoms with E-state index >= 15 is 0 Å². The highest BCUT2D eigenvalue weighted by molar-refractivity contribution is 5.85. The van der Waals surface area contributed by atoms with Crippen LogP contribution in [0.3, 0.4) is 0 Å². The van der Waals surface area contributed by atoms with Gasteiger partial charge in [0.2, 0.25) is 0 Å². The molecule has 0 radical (unpaired) electrons. The molecule has 4 heteroatoms. The standard InChI is InChI=1S/C15H19NO3/c17-15(18)7-6-13-2-4-14(5-3-13)12-16-8-1-10-19-11-9-16/h2-7H,1,8-12H2,(H,17,18). The molecule has 0 spiro atoms. The Balaban J connectivity index is 1.92. The van der Waals surface area contributed by atoms with Crippen molar-refractivity contribution in [1.82, 2.24) is 4.90 Å². The number of carbonyl (C=O) groups is 1. The van der Waals surface area contributed by atoms with Gasteiger partial charge in [0.1, 0.15) is 0 Å². The summed E-state index contributed by atoms with van der Waals surface area (Å²) in [5.41, 5.74) is 2.15. The third-order valence-corrected chi connectivity index (χ3v) is 3.12. The highest BCUT2D eigenvalue weighted by Crippen LogP contribution is 2.10. The first-order chi connectivity index (χ1) is 9.24. The molecule has 1 aromatic rings. The monoisotopic (exact) mass is 261 g/mol. The molecule has 0 aliphatic carbocycles. The van der Waals surface area contributed by atoms with E-state index in [4.69, 9.17) is 9.84 Å². The summed E-state index contributed by atoms with van der Waals surface area (Å²) in [6.07, 6.45) is 3.84. The van der Waals surface area contributed by atoms with Crippen LogP contribution >= 0.6 is 0 Å². The van der Waals surface area contributed by atoms with Gasteiger partial charge in [-0.15, -0.1) is 0 Å². The maximum atomic E-state index is 10.4. The third-order valence-electron chi connectivity index (χ3n) is 3.12. The van der Waals surface area contributed by atoms with Crippen LogP contribution in [0, 0.1) is 0 Å². The molecular weight excluding hydrogens is 242 g/mol. The Morgan fingerprint density at radius 3 is 2.79 bits per heavy atom. The zero-order valence-electron chi connectivity index (χ0n) is 10.9. The molecule has 2 rings (SSSR count). The number of ether oxygens (including phenoxy) is 1. The predicted octanol–water partition coefficient (Wildman–Crippen LogP) is 2.01. The summed E-state index contributed by atoms with van der Waals surface area (Å²) in [7, 11) is 0. The molecule has 0 atom stereocenters. The van der Waals surface area contributed by atoms with E-state index in [1.54, 1.807) is 6.08 Å². The van der Waals surface area contributed by atoms with Crippen LogP contribution in [0.15, 0.2) is 30.3 Å². The second-order valence-electron chi connectivity index (χ2n) is 4.66. The zero-order chi connectivity index (χ0) is 13.5. The predicted molar refractivity (Wildman–Crippen MR) is 73.8 cm³/mol. The number of aliphatic carboxylic acids is 1. The van der Waals surface area contributed by atoms with E-state index in [0.29, 0.717) is 0 Å². The fraction of sp³-hybridized carbons (Fsp3) is 0.400. The van der Waals surface area contributed by atoms with Gasteiger partial charge >= 0.3 is 5.97 Å². The number of hydrogen-bond acceptors (Lipinski definition) is 3. The quantitative estimate of drug-likeness (QED) is 0.842. The minimum atomic E-state index is -0.923. The lowest BCUT2D eigenvalue weighted by Gasteiger charge is -2.18. The van der Waals surface area contributed by atoms with E-state index in [2.05, 4.69) is 4.90 Å². The molecule has 1 saturated heterocycles. The smallest absolute Gasteiger partial charge is 0.328 e. The topological polar surface area (TPSA) is 49.8 Å². The van der Waals surface area contributed by atoms with Crippen LogP contribution in [-0.2, 0) is 16.1 Å². The Hall–Kier alpha value is -1.65. The van der Waals surface area contributed by atoms with Gasteiger partial charge in [-0.2, -0.15) is 0 Å². The number of hydrogen-bond donors (Lipinski definition) is 1. The highest BCUT2D eigenvalue weighted by atomic mass is 16.5. The number of carboxylic acid groups (broad SMARTS) is 1. The van der Waals surface area contributed by atoms with Crippen molar-refractivity contribution in [3.63, 3.8) is 0 Å².